The number of hydrogen-bond donors (Lipinski definition) is 1. The van der Waals surface area contributed by atoms with Crippen LogP contribution in [0.3, 0.4) is 0 Å². The van der Waals surface area contributed by atoms with Crippen LogP contribution in [-0.2, 0) is 14.8 Å². The lowest BCUT2D eigenvalue weighted by molar-refractivity contribution is -0.131. The molecule has 174 valence electrons. The van der Waals surface area contributed by atoms with E-state index in [4.69, 9.17) is 4.42 Å². The smallest absolute Gasteiger partial charge is 0.251 e. The first kappa shape index (κ1) is 22.9. The summed E-state index contributed by atoms with van der Waals surface area (Å²) in [5, 5.41) is 2.60. The molecule has 10 heteroatoms. The molecule has 2 amide bonds. The van der Waals surface area contributed by atoms with Crippen molar-refractivity contribution in [2.24, 2.45) is 0 Å². The van der Waals surface area contributed by atoms with E-state index in [-0.39, 0.29) is 28.8 Å². The molecule has 1 fully saturated rings. The molecular formula is C23H26N4O5S. The fraction of sp³-hybridized carbons (Fsp3) is 0.348. The topological polar surface area (TPSA) is 113 Å². The summed E-state index contributed by atoms with van der Waals surface area (Å²) in [5.41, 5.74) is 1.77. The van der Waals surface area contributed by atoms with Crippen LogP contribution in [-0.4, -0.2) is 68.2 Å². The molecule has 1 aliphatic rings. The number of nitrogens with one attached hydrogen (secondary N) is 1. The summed E-state index contributed by atoms with van der Waals surface area (Å²) in [6, 6.07) is 13.4. The zero-order valence-electron chi connectivity index (χ0n) is 18.5. The van der Waals surface area contributed by atoms with Crippen LogP contribution in [0.4, 0.5) is 0 Å². The lowest BCUT2D eigenvalue weighted by atomic mass is 9.97. The standard InChI is InChI=1S/C23H26N4O5S/c1-26(2)33(30,31)18-7-5-6-17(14-18)22(29)24-15-21(28)27-12-10-16(11-13-27)23-25-19-8-3-4-9-20(19)32-23/h3-9,14,16H,10-13,15H2,1-2H3,(H,24,29). The van der Waals surface area contributed by atoms with Gasteiger partial charge in [0.25, 0.3) is 5.91 Å². The number of aromatic nitrogens is 1. The Morgan fingerprint density at radius 3 is 2.55 bits per heavy atom. The number of fused-ring (bicyclic) bond motifs is 1. The number of oxazole rings is 1. The number of hydrogen-bond acceptors (Lipinski definition) is 6. The van der Waals surface area contributed by atoms with Gasteiger partial charge in [-0.1, -0.05) is 18.2 Å². The van der Waals surface area contributed by atoms with Crippen molar-refractivity contribution in [2.75, 3.05) is 33.7 Å². The molecule has 9 nitrogen and oxygen atoms in total. The number of sulfonamides is 1. The maximum absolute atomic E-state index is 12.6. The van der Waals surface area contributed by atoms with Gasteiger partial charge in [0, 0.05) is 38.7 Å². The number of likely N-dealkylation sites (tertiary alicyclic amines) is 1. The Balaban J connectivity index is 1.31. The number of benzene rings is 2. The van der Waals surface area contributed by atoms with Crippen molar-refractivity contribution in [3.05, 3.63) is 60.0 Å². The number of para-hydroxylation sites is 2. The van der Waals surface area contributed by atoms with Crippen molar-refractivity contribution >= 4 is 32.9 Å². The van der Waals surface area contributed by atoms with Crippen molar-refractivity contribution in [1.82, 2.24) is 19.5 Å². The molecule has 2 heterocycles. The van der Waals surface area contributed by atoms with Gasteiger partial charge in [-0.15, -0.1) is 0 Å². The Morgan fingerprint density at radius 2 is 1.85 bits per heavy atom. The minimum atomic E-state index is -3.65. The highest BCUT2D eigenvalue weighted by Gasteiger charge is 2.27. The average Bonchev–Trinajstić information content (AvgIpc) is 3.27. The van der Waals surface area contributed by atoms with Crippen molar-refractivity contribution in [3.63, 3.8) is 0 Å². The van der Waals surface area contributed by atoms with Crippen LogP contribution >= 0.6 is 0 Å². The Hall–Kier alpha value is -3.24. The molecule has 0 unspecified atom stereocenters. The summed E-state index contributed by atoms with van der Waals surface area (Å²) in [6.07, 6.45) is 1.47. The molecule has 4 rings (SSSR count). The molecule has 0 spiro atoms. The zero-order chi connectivity index (χ0) is 23.6. The fourth-order valence-electron chi connectivity index (χ4n) is 3.82. The van der Waals surface area contributed by atoms with E-state index in [1.165, 1.54) is 38.4 Å². The highest BCUT2D eigenvalue weighted by atomic mass is 32.2. The molecule has 1 aliphatic heterocycles. The van der Waals surface area contributed by atoms with Crippen molar-refractivity contribution in [1.29, 1.82) is 0 Å². The second kappa shape index (κ2) is 9.32. The number of carbonyl (C=O) groups is 2. The predicted octanol–water partition coefficient (Wildman–Crippen LogP) is 2.21. The van der Waals surface area contributed by atoms with Crippen molar-refractivity contribution in [2.45, 2.75) is 23.7 Å². The van der Waals surface area contributed by atoms with E-state index < -0.39 is 15.9 Å². The lowest BCUT2D eigenvalue weighted by Gasteiger charge is -2.30. The minimum Gasteiger partial charge on any atom is -0.440 e. The minimum absolute atomic E-state index is 0.0211. The quantitative estimate of drug-likeness (QED) is 0.591. The first-order chi connectivity index (χ1) is 15.8. The van der Waals surface area contributed by atoms with E-state index in [0.717, 1.165) is 28.2 Å². The zero-order valence-corrected chi connectivity index (χ0v) is 19.3. The summed E-state index contributed by atoms with van der Waals surface area (Å²) in [6.45, 7) is 0.945. The fourth-order valence-corrected chi connectivity index (χ4v) is 4.77. The molecule has 0 saturated carbocycles. The third-order valence-corrected chi connectivity index (χ3v) is 7.59. The number of rotatable bonds is 6. The maximum Gasteiger partial charge on any atom is 0.251 e. The van der Waals surface area contributed by atoms with Crippen LogP contribution < -0.4 is 5.32 Å². The van der Waals surface area contributed by atoms with Crippen LogP contribution in [0.2, 0.25) is 0 Å². The van der Waals surface area contributed by atoms with E-state index in [2.05, 4.69) is 10.3 Å². The number of carbonyl (C=O) groups excluding carboxylic acids is 2. The largest absolute Gasteiger partial charge is 0.440 e. The van der Waals surface area contributed by atoms with Gasteiger partial charge in [0.1, 0.15) is 5.52 Å². The van der Waals surface area contributed by atoms with Crippen molar-refractivity contribution < 1.29 is 22.4 Å². The van der Waals surface area contributed by atoms with E-state index in [9.17, 15) is 18.0 Å². The second-order valence-corrected chi connectivity index (χ2v) is 10.3. The Bertz CT molecular complexity index is 1240. The predicted molar refractivity (Wildman–Crippen MR) is 122 cm³/mol. The van der Waals surface area contributed by atoms with Gasteiger partial charge in [-0.05, 0) is 43.2 Å². The molecule has 0 atom stereocenters. The van der Waals surface area contributed by atoms with Crippen LogP contribution in [0.1, 0.15) is 35.0 Å². The Morgan fingerprint density at radius 1 is 1.12 bits per heavy atom. The normalized spacial score (nSPS) is 15.2. The summed E-state index contributed by atoms with van der Waals surface area (Å²) in [7, 11) is -0.803. The van der Waals surface area contributed by atoms with E-state index in [1.54, 1.807) is 4.90 Å². The maximum atomic E-state index is 12.6. The number of piperidine rings is 1. The van der Waals surface area contributed by atoms with E-state index in [1.807, 2.05) is 24.3 Å². The summed E-state index contributed by atoms with van der Waals surface area (Å²) in [5.74, 6) is 0.165. The summed E-state index contributed by atoms with van der Waals surface area (Å²) < 4.78 is 31.5. The first-order valence-corrected chi connectivity index (χ1v) is 12.1. The van der Waals surface area contributed by atoms with Gasteiger partial charge in [-0.3, -0.25) is 9.59 Å². The SMILES string of the molecule is CN(C)S(=O)(=O)c1cccc(C(=O)NCC(=O)N2CCC(c3nc4ccccc4o3)CC2)c1. The molecule has 2 aromatic carbocycles. The number of amides is 2. The number of nitrogens with zero attached hydrogens (tertiary/aromatic N) is 3. The second-order valence-electron chi connectivity index (χ2n) is 8.17. The Kier molecular flexibility index (Phi) is 6.48. The Labute approximate surface area is 192 Å². The highest BCUT2D eigenvalue weighted by Crippen LogP contribution is 2.29. The monoisotopic (exact) mass is 470 g/mol. The van der Waals surface area contributed by atoms with Crippen molar-refractivity contribution in [3.8, 4) is 0 Å². The first-order valence-electron chi connectivity index (χ1n) is 10.7. The molecular weight excluding hydrogens is 444 g/mol. The molecule has 1 saturated heterocycles. The van der Waals surface area contributed by atoms with Crippen LogP contribution in [0.5, 0.6) is 0 Å². The van der Waals surface area contributed by atoms with Gasteiger partial charge >= 0.3 is 0 Å². The van der Waals surface area contributed by atoms with E-state index in [0.29, 0.717) is 19.0 Å². The van der Waals surface area contributed by atoms with Gasteiger partial charge in [0.2, 0.25) is 15.9 Å². The van der Waals surface area contributed by atoms with Crippen LogP contribution in [0.25, 0.3) is 11.1 Å². The van der Waals surface area contributed by atoms with Gasteiger partial charge in [-0.25, -0.2) is 17.7 Å². The highest BCUT2D eigenvalue weighted by molar-refractivity contribution is 7.89. The third-order valence-electron chi connectivity index (χ3n) is 5.78. The third kappa shape index (κ3) is 4.91. The molecule has 1 N–H and O–H groups in total. The summed E-state index contributed by atoms with van der Waals surface area (Å²) >= 11 is 0. The lowest BCUT2D eigenvalue weighted by Crippen LogP contribution is -2.43. The molecule has 1 aromatic heterocycles. The van der Waals surface area contributed by atoms with E-state index >= 15 is 0 Å². The average molecular weight is 471 g/mol. The summed E-state index contributed by atoms with van der Waals surface area (Å²) in [4.78, 5) is 31.4. The molecule has 0 bridgehead atoms. The van der Waals surface area contributed by atoms with Gasteiger partial charge in [-0.2, -0.15) is 0 Å². The molecule has 0 aliphatic carbocycles. The van der Waals surface area contributed by atoms with Crippen LogP contribution in [0.15, 0.2) is 57.8 Å². The molecule has 3 aromatic rings. The van der Waals surface area contributed by atoms with Gasteiger partial charge < -0.3 is 14.6 Å². The van der Waals surface area contributed by atoms with Gasteiger partial charge in [0.05, 0.1) is 11.4 Å². The molecule has 33 heavy (non-hydrogen) atoms. The molecule has 0 radical (unpaired) electrons. The van der Waals surface area contributed by atoms with Crippen LogP contribution in [0, 0.1) is 0 Å². The van der Waals surface area contributed by atoms with Gasteiger partial charge in [0.15, 0.2) is 11.5 Å².